The van der Waals surface area contributed by atoms with Crippen molar-refractivity contribution in [3.8, 4) is 0 Å². The van der Waals surface area contributed by atoms with E-state index in [1.807, 2.05) is 0 Å². The quantitative estimate of drug-likeness (QED) is 0.753. The lowest BCUT2D eigenvalue weighted by molar-refractivity contribution is 0.0130. The van der Waals surface area contributed by atoms with Crippen LogP contribution in [0.25, 0.3) is 0 Å². The lowest BCUT2D eigenvalue weighted by atomic mass is 9.78. The zero-order valence-electron chi connectivity index (χ0n) is 10.4. The molecule has 0 aromatic carbocycles. The molecule has 1 aliphatic carbocycles. The summed E-state index contributed by atoms with van der Waals surface area (Å²) in [5.41, 5.74) is 0.529. The van der Waals surface area contributed by atoms with E-state index < -0.39 is 0 Å². The van der Waals surface area contributed by atoms with Crippen molar-refractivity contribution in [1.29, 1.82) is 0 Å². The third-order valence-electron chi connectivity index (χ3n) is 4.22. The molecule has 1 unspecified atom stereocenters. The Kier molecular flexibility index (Phi) is 3.68. The van der Waals surface area contributed by atoms with E-state index in [0.717, 1.165) is 0 Å². The van der Waals surface area contributed by atoms with E-state index in [4.69, 9.17) is 0 Å². The summed E-state index contributed by atoms with van der Waals surface area (Å²) in [6.07, 6.45) is 8.48. The van der Waals surface area contributed by atoms with Gasteiger partial charge in [-0.05, 0) is 32.7 Å². The molecule has 88 valence electrons. The third-order valence-corrected chi connectivity index (χ3v) is 4.22. The van der Waals surface area contributed by atoms with Crippen molar-refractivity contribution in [2.75, 3.05) is 19.6 Å². The van der Waals surface area contributed by atoms with E-state index in [0.29, 0.717) is 11.6 Å². The predicted octanol–water partition coefficient (Wildman–Crippen LogP) is 2.39. The van der Waals surface area contributed by atoms with Gasteiger partial charge in [0.2, 0.25) is 0 Å². The van der Waals surface area contributed by atoms with Crippen LogP contribution in [-0.4, -0.2) is 36.1 Å². The summed E-state index contributed by atoms with van der Waals surface area (Å²) in [6, 6.07) is 0.684. The Hall–Kier alpha value is -0.0800. The van der Waals surface area contributed by atoms with Crippen molar-refractivity contribution in [2.45, 2.75) is 64.0 Å². The Morgan fingerprint density at radius 3 is 2.67 bits per heavy atom. The van der Waals surface area contributed by atoms with Gasteiger partial charge in [-0.1, -0.05) is 26.2 Å². The van der Waals surface area contributed by atoms with Gasteiger partial charge >= 0.3 is 0 Å². The minimum atomic E-state index is 0.529. The van der Waals surface area contributed by atoms with Gasteiger partial charge < -0.3 is 5.32 Å². The molecule has 2 fully saturated rings. The zero-order chi connectivity index (χ0) is 10.7. The molecule has 0 aromatic heterocycles. The zero-order valence-corrected chi connectivity index (χ0v) is 10.4. The molecule has 2 nitrogen and oxygen atoms in total. The fourth-order valence-corrected chi connectivity index (χ4v) is 3.37. The molecule has 1 aliphatic heterocycles. The van der Waals surface area contributed by atoms with Crippen molar-refractivity contribution in [1.82, 2.24) is 10.2 Å². The highest BCUT2D eigenvalue weighted by molar-refractivity contribution is 4.99. The van der Waals surface area contributed by atoms with Crippen LogP contribution >= 0.6 is 0 Å². The summed E-state index contributed by atoms with van der Waals surface area (Å²) < 4.78 is 0. The number of piperazine rings is 1. The molecular weight excluding hydrogens is 184 g/mol. The normalized spacial score (nSPS) is 32.0. The molecule has 2 aliphatic rings. The predicted molar refractivity (Wildman–Crippen MR) is 65.1 cm³/mol. The summed E-state index contributed by atoms with van der Waals surface area (Å²) in [5.74, 6) is 0. The molecule has 1 saturated heterocycles. The first-order chi connectivity index (χ1) is 7.27. The average Bonchev–Trinajstić information content (AvgIpc) is 2.26. The van der Waals surface area contributed by atoms with Gasteiger partial charge in [-0.3, -0.25) is 4.90 Å². The Bertz CT molecular complexity index is 197. The molecule has 0 radical (unpaired) electrons. The largest absolute Gasteiger partial charge is 0.311 e. The van der Waals surface area contributed by atoms with Gasteiger partial charge in [-0.2, -0.15) is 0 Å². The van der Waals surface area contributed by atoms with Crippen molar-refractivity contribution in [2.24, 2.45) is 0 Å². The fraction of sp³-hybridized carbons (Fsp3) is 1.00. The molecule has 1 saturated carbocycles. The van der Waals surface area contributed by atoms with E-state index in [-0.39, 0.29) is 0 Å². The van der Waals surface area contributed by atoms with Crippen LogP contribution in [0, 0.1) is 0 Å². The molecule has 1 atom stereocenters. The van der Waals surface area contributed by atoms with E-state index in [1.54, 1.807) is 0 Å². The monoisotopic (exact) mass is 210 g/mol. The molecule has 1 N–H and O–H groups in total. The van der Waals surface area contributed by atoms with E-state index in [9.17, 15) is 0 Å². The van der Waals surface area contributed by atoms with Crippen molar-refractivity contribution in [3.63, 3.8) is 0 Å². The molecule has 2 rings (SSSR count). The SMILES string of the molecule is CCCN1CC(C)NCC12CCCCC2. The van der Waals surface area contributed by atoms with Crippen LogP contribution in [0.15, 0.2) is 0 Å². The van der Waals surface area contributed by atoms with Crippen molar-refractivity contribution < 1.29 is 0 Å². The number of nitrogens with one attached hydrogen (secondary N) is 1. The molecule has 15 heavy (non-hydrogen) atoms. The van der Waals surface area contributed by atoms with Crippen LogP contribution < -0.4 is 5.32 Å². The maximum Gasteiger partial charge on any atom is 0.0334 e. The Morgan fingerprint density at radius 2 is 2.00 bits per heavy atom. The minimum Gasteiger partial charge on any atom is -0.311 e. The fourth-order valence-electron chi connectivity index (χ4n) is 3.37. The van der Waals surface area contributed by atoms with Crippen LogP contribution in [0.2, 0.25) is 0 Å². The first kappa shape index (κ1) is 11.4. The van der Waals surface area contributed by atoms with Crippen LogP contribution in [0.3, 0.4) is 0 Å². The van der Waals surface area contributed by atoms with Crippen molar-refractivity contribution >= 4 is 0 Å². The Morgan fingerprint density at radius 1 is 1.27 bits per heavy atom. The lowest BCUT2D eigenvalue weighted by Gasteiger charge is -2.51. The molecule has 0 bridgehead atoms. The average molecular weight is 210 g/mol. The molecule has 0 amide bonds. The first-order valence-electron chi connectivity index (χ1n) is 6.75. The first-order valence-corrected chi connectivity index (χ1v) is 6.75. The van der Waals surface area contributed by atoms with Gasteiger partial charge in [-0.15, -0.1) is 0 Å². The summed E-state index contributed by atoms with van der Waals surface area (Å²) in [4.78, 5) is 2.79. The highest BCUT2D eigenvalue weighted by Gasteiger charge is 2.40. The van der Waals surface area contributed by atoms with Crippen LogP contribution in [0.4, 0.5) is 0 Å². The summed E-state index contributed by atoms with van der Waals surface area (Å²) in [7, 11) is 0. The van der Waals surface area contributed by atoms with Crippen LogP contribution in [0.5, 0.6) is 0 Å². The lowest BCUT2D eigenvalue weighted by Crippen LogP contribution is -2.64. The smallest absolute Gasteiger partial charge is 0.0334 e. The minimum absolute atomic E-state index is 0.529. The second-order valence-electron chi connectivity index (χ2n) is 5.51. The third kappa shape index (κ3) is 2.36. The highest BCUT2D eigenvalue weighted by atomic mass is 15.3. The van der Waals surface area contributed by atoms with E-state index in [2.05, 4.69) is 24.1 Å². The summed E-state index contributed by atoms with van der Waals surface area (Å²) in [6.45, 7) is 8.41. The summed E-state index contributed by atoms with van der Waals surface area (Å²) >= 11 is 0. The van der Waals surface area contributed by atoms with Gasteiger partial charge in [0, 0.05) is 24.7 Å². The number of rotatable bonds is 2. The topological polar surface area (TPSA) is 15.3 Å². The van der Waals surface area contributed by atoms with Gasteiger partial charge in [0.05, 0.1) is 0 Å². The Balaban J connectivity index is 2.05. The number of hydrogen-bond donors (Lipinski definition) is 1. The standard InChI is InChI=1S/C13H26N2/c1-3-9-15-10-12(2)14-11-13(15)7-5-4-6-8-13/h12,14H,3-11H2,1-2H3. The molecule has 1 spiro atoms. The highest BCUT2D eigenvalue weighted by Crippen LogP contribution is 2.35. The van der Waals surface area contributed by atoms with E-state index in [1.165, 1.54) is 58.2 Å². The maximum absolute atomic E-state index is 3.69. The van der Waals surface area contributed by atoms with Gasteiger partial charge in [0.25, 0.3) is 0 Å². The number of nitrogens with zero attached hydrogens (tertiary/aromatic N) is 1. The van der Waals surface area contributed by atoms with Gasteiger partial charge in [0.15, 0.2) is 0 Å². The second-order valence-corrected chi connectivity index (χ2v) is 5.51. The second kappa shape index (κ2) is 4.84. The van der Waals surface area contributed by atoms with E-state index >= 15 is 0 Å². The number of hydrogen-bond acceptors (Lipinski definition) is 2. The molecule has 1 heterocycles. The summed E-state index contributed by atoms with van der Waals surface area (Å²) in [5, 5.41) is 3.69. The van der Waals surface area contributed by atoms with Crippen LogP contribution in [-0.2, 0) is 0 Å². The van der Waals surface area contributed by atoms with Gasteiger partial charge in [-0.25, -0.2) is 0 Å². The molecular formula is C13H26N2. The molecule has 0 aromatic rings. The molecule has 2 heteroatoms. The maximum atomic E-state index is 3.69. The Labute approximate surface area is 94.4 Å². The van der Waals surface area contributed by atoms with Crippen LogP contribution in [0.1, 0.15) is 52.4 Å². The van der Waals surface area contributed by atoms with Crippen molar-refractivity contribution in [3.05, 3.63) is 0 Å². The van der Waals surface area contributed by atoms with Gasteiger partial charge in [0.1, 0.15) is 0 Å².